The van der Waals surface area contributed by atoms with Crippen LogP contribution in [0.15, 0.2) is 60.9 Å². The molecule has 2 aliphatic rings. The third kappa shape index (κ3) is 9.19. The molecule has 52 heavy (non-hydrogen) atoms. The summed E-state index contributed by atoms with van der Waals surface area (Å²) in [6.45, 7) is 7.39. The number of alkyl carbamates (subject to hydrolysis) is 1. The van der Waals surface area contributed by atoms with E-state index in [1.165, 1.54) is 7.11 Å². The van der Waals surface area contributed by atoms with E-state index < -0.39 is 23.8 Å². The molecule has 13 heteroatoms. The molecule has 2 fully saturated rings. The Morgan fingerprint density at radius 2 is 1.42 bits per heavy atom. The van der Waals surface area contributed by atoms with Gasteiger partial charge in [-0.3, -0.25) is 9.69 Å². The number of nitrogens with one attached hydrogen (secondary N) is 4. The van der Waals surface area contributed by atoms with Crippen molar-refractivity contribution in [2.75, 3.05) is 26.9 Å². The largest absolute Gasteiger partial charge is 0.453 e. The Hall–Kier alpha value is -5.17. The summed E-state index contributed by atoms with van der Waals surface area (Å²) < 4.78 is 16.2. The van der Waals surface area contributed by atoms with Gasteiger partial charge < -0.3 is 34.8 Å². The number of H-pyrrole nitrogens is 2. The Labute approximate surface area is 304 Å². The number of hydrogen-bond donors (Lipinski definition) is 4. The van der Waals surface area contributed by atoms with Crippen LogP contribution < -0.4 is 10.6 Å². The second kappa shape index (κ2) is 16.4. The fourth-order valence-electron chi connectivity index (χ4n) is 6.64. The van der Waals surface area contributed by atoms with Gasteiger partial charge in [-0.2, -0.15) is 0 Å². The molecule has 4 heterocycles. The van der Waals surface area contributed by atoms with Gasteiger partial charge in [0.1, 0.15) is 23.3 Å². The minimum atomic E-state index is -0.697. The fourth-order valence-corrected chi connectivity index (χ4v) is 6.64. The van der Waals surface area contributed by atoms with Gasteiger partial charge in [0.05, 0.1) is 43.0 Å². The van der Waals surface area contributed by atoms with Crippen molar-refractivity contribution in [3.8, 4) is 33.6 Å². The van der Waals surface area contributed by atoms with E-state index in [-0.39, 0.29) is 18.0 Å². The SMILES string of the molecule is COC(=O)N[C@H]1CCCCCOCC[C@@H](c2ncc(-c3ccc(-c4ccc(-c5cnc([C@@H]6CCCN6C(=O)OC(C)(C)C)[nH]5)cc4)cc3)[nH]2)NC1=O. The second-order valence-electron chi connectivity index (χ2n) is 14.4. The predicted molar refractivity (Wildman–Crippen MR) is 196 cm³/mol. The van der Waals surface area contributed by atoms with Crippen LogP contribution >= 0.6 is 0 Å². The maximum atomic E-state index is 13.3. The van der Waals surface area contributed by atoms with E-state index in [1.54, 1.807) is 11.1 Å². The highest BCUT2D eigenvalue weighted by atomic mass is 16.6. The Bertz CT molecular complexity index is 1810. The first-order valence-corrected chi connectivity index (χ1v) is 18.1. The third-order valence-corrected chi connectivity index (χ3v) is 9.39. The number of hydrogen-bond acceptors (Lipinski definition) is 8. The number of amides is 3. The first-order chi connectivity index (χ1) is 25.1. The fraction of sp³-hybridized carbons (Fsp3) is 0.462. The molecule has 13 nitrogen and oxygen atoms in total. The highest BCUT2D eigenvalue weighted by Crippen LogP contribution is 2.33. The third-order valence-electron chi connectivity index (χ3n) is 9.39. The van der Waals surface area contributed by atoms with Gasteiger partial charge in [-0.05, 0) is 75.1 Å². The van der Waals surface area contributed by atoms with E-state index in [0.717, 1.165) is 71.6 Å². The number of likely N-dealkylation sites (tertiary alicyclic amines) is 1. The van der Waals surface area contributed by atoms with Crippen LogP contribution in [-0.4, -0.2) is 81.4 Å². The minimum Gasteiger partial charge on any atom is -0.453 e. The molecule has 2 aliphatic heterocycles. The zero-order valence-electron chi connectivity index (χ0n) is 30.4. The summed E-state index contributed by atoms with van der Waals surface area (Å²) in [7, 11) is 1.29. The number of aromatic amines is 2. The molecule has 2 aromatic carbocycles. The zero-order valence-corrected chi connectivity index (χ0v) is 30.4. The lowest BCUT2D eigenvalue weighted by atomic mass is 10.0. The van der Waals surface area contributed by atoms with Gasteiger partial charge in [-0.15, -0.1) is 0 Å². The topological polar surface area (TPSA) is 164 Å². The van der Waals surface area contributed by atoms with Crippen molar-refractivity contribution in [1.82, 2.24) is 35.5 Å². The summed E-state index contributed by atoms with van der Waals surface area (Å²) >= 11 is 0. The van der Waals surface area contributed by atoms with E-state index in [2.05, 4.69) is 67.0 Å². The van der Waals surface area contributed by atoms with E-state index in [9.17, 15) is 14.4 Å². The van der Waals surface area contributed by atoms with Crippen LogP contribution in [0.1, 0.15) is 89.4 Å². The lowest BCUT2D eigenvalue weighted by Gasteiger charge is -2.27. The maximum Gasteiger partial charge on any atom is 0.410 e. The number of methoxy groups -OCH3 is 1. The molecular weight excluding hydrogens is 662 g/mol. The number of rotatable bonds is 6. The molecule has 6 rings (SSSR count). The standard InChI is InChI=1S/C39H49N7O6/c1-39(2,3)52-38(49)46-20-8-10-33(46)35-41-24-32(43-35)28-17-13-26(14-18-28)25-11-15-27(16-12-25)31-23-40-34(42-31)29-19-22-51-21-7-5-6-9-30(36(47)44-29)45-37(48)50-4/h11-18,23-24,29-30,33H,5-10,19-22H2,1-4H3,(H,40,42)(H,41,43)(H,44,47)(H,45,48)/t29-,30-,33-/m0/s1. The van der Waals surface area contributed by atoms with E-state index >= 15 is 0 Å². The maximum absolute atomic E-state index is 13.3. The number of imidazole rings is 2. The Balaban J connectivity index is 1.11. The second-order valence-corrected chi connectivity index (χ2v) is 14.4. The van der Waals surface area contributed by atoms with Gasteiger partial charge in [0.25, 0.3) is 0 Å². The first-order valence-electron chi connectivity index (χ1n) is 18.1. The van der Waals surface area contributed by atoms with Crippen molar-refractivity contribution in [3.05, 3.63) is 72.6 Å². The normalized spacial score (nSPS) is 20.3. The summed E-state index contributed by atoms with van der Waals surface area (Å²) in [6, 6.07) is 15.3. The summed E-state index contributed by atoms with van der Waals surface area (Å²) in [6.07, 6.45) is 8.01. The molecule has 3 amide bonds. The molecular formula is C39H49N7O6. The van der Waals surface area contributed by atoms with Gasteiger partial charge in [-0.25, -0.2) is 19.6 Å². The lowest BCUT2D eigenvalue weighted by molar-refractivity contribution is -0.124. The van der Waals surface area contributed by atoms with Gasteiger partial charge >= 0.3 is 12.2 Å². The summed E-state index contributed by atoms with van der Waals surface area (Å²) in [5.41, 5.74) is 5.25. The predicted octanol–water partition coefficient (Wildman–Crippen LogP) is 7.07. The van der Waals surface area contributed by atoms with E-state index in [1.807, 2.05) is 39.1 Å². The molecule has 3 atom stereocenters. The average molecular weight is 712 g/mol. The van der Waals surface area contributed by atoms with Crippen LogP contribution in [0.2, 0.25) is 0 Å². The summed E-state index contributed by atoms with van der Waals surface area (Å²) in [4.78, 5) is 55.9. The molecule has 0 aliphatic carbocycles. The molecule has 0 spiro atoms. The molecule has 0 unspecified atom stereocenters. The zero-order chi connectivity index (χ0) is 36.7. The minimum absolute atomic E-state index is 0.136. The molecule has 0 radical (unpaired) electrons. The van der Waals surface area contributed by atoms with Gasteiger partial charge in [0.15, 0.2) is 0 Å². The molecule has 2 aromatic heterocycles. The van der Waals surface area contributed by atoms with Gasteiger partial charge in [0.2, 0.25) is 5.91 Å². The molecule has 276 valence electrons. The van der Waals surface area contributed by atoms with Gasteiger partial charge in [0, 0.05) is 19.8 Å². The van der Waals surface area contributed by atoms with Crippen molar-refractivity contribution in [3.63, 3.8) is 0 Å². The number of nitrogens with zero attached hydrogens (tertiary/aromatic N) is 3. The molecule has 4 aromatic rings. The van der Waals surface area contributed by atoms with Crippen LogP contribution in [0.25, 0.3) is 33.6 Å². The molecule has 4 N–H and O–H groups in total. The van der Waals surface area contributed by atoms with E-state index in [4.69, 9.17) is 14.2 Å². The van der Waals surface area contributed by atoms with Crippen LogP contribution in [0.4, 0.5) is 9.59 Å². The summed E-state index contributed by atoms with van der Waals surface area (Å²) in [5, 5.41) is 5.73. The number of benzene rings is 2. The smallest absolute Gasteiger partial charge is 0.410 e. The number of aromatic nitrogens is 4. The van der Waals surface area contributed by atoms with Crippen molar-refractivity contribution in [2.24, 2.45) is 0 Å². The van der Waals surface area contributed by atoms with Gasteiger partial charge in [-0.1, -0.05) is 61.4 Å². The Morgan fingerprint density at radius 3 is 2.06 bits per heavy atom. The first kappa shape index (κ1) is 36.6. The molecule has 0 saturated carbocycles. The van der Waals surface area contributed by atoms with Crippen molar-refractivity contribution < 1.29 is 28.6 Å². The highest BCUT2D eigenvalue weighted by Gasteiger charge is 2.35. The van der Waals surface area contributed by atoms with Crippen LogP contribution in [0.5, 0.6) is 0 Å². The van der Waals surface area contributed by atoms with Crippen LogP contribution in [0, 0.1) is 0 Å². The molecule has 0 bridgehead atoms. The van der Waals surface area contributed by atoms with Crippen molar-refractivity contribution >= 4 is 18.1 Å². The quantitative estimate of drug-likeness (QED) is 0.165. The van der Waals surface area contributed by atoms with Crippen molar-refractivity contribution in [1.29, 1.82) is 0 Å². The Morgan fingerprint density at radius 1 is 0.808 bits per heavy atom. The van der Waals surface area contributed by atoms with E-state index in [0.29, 0.717) is 38.4 Å². The number of carbonyl (C=O) groups excluding carboxylic acids is 3. The van der Waals surface area contributed by atoms with Crippen molar-refractivity contribution in [2.45, 2.75) is 89.4 Å². The number of carbonyl (C=O) groups is 3. The number of ether oxygens (including phenoxy) is 3. The average Bonchev–Trinajstić information content (AvgIpc) is 3.92. The lowest BCUT2D eigenvalue weighted by Crippen LogP contribution is -2.48. The monoisotopic (exact) mass is 711 g/mol. The van der Waals surface area contributed by atoms with Crippen LogP contribution in [0.3, 0.4) is 0 Å². The highest BCUT2D eigenvalue weighted by molar-refractivity contribution is 5.85. The van der Waals surface area contributed by atoms with Crippen LogP contribution in [-0.2, 0) is 19.0 Å². The summed E-state index contributed by atoms with van der Waals surface area (Å²) in [5.74, 6) is 1.10. The Kier molecular flexibility index (Phi) is 11.6. The molecule has 2 saturated heterocycles.